The molecule has 0 radical (unpaired) electrons. The van der Waals surface area contributed by atoms with Gasteiger partial charge in [0, 0.05) is 17.3 Å². The third-order valence-corrected chi connectivity index (χ3v) is 7.41. The number of hydrogen-bond acceptors (Lipinski definition) is 15. The fourth-order valence-corrected chi connectivity index (χ4v) is 5.07. The maximum absolute atomic E-state index is 13.2. The highest BCUT2D eigenvalue weighted by Crippen LogP contribution is 2.33. The Bertz CT molecular complexity index is 1730. The molecule has 8 N–H and O–H groups in total. The summed E-state index contributed by atoms with van der Waals surface area (Å²) < 4.78 is 41.0. The number of thiazole rings is 1. The molecule has 1 saturated heterocycles. The SMILES string of the molecule is CC1(C)C(NC(=O)C(=NOC(COc2ccc3nc(NCCCN)ccc3c2)C(=O)O)c2csc(N)n2)C(=O)N1OS(=O)(=O)O. The monoisotopic (exact) mass is 666 g/mol. The van der Waals surface area contributed by atoms with Crippen LogP contribution in [-0.2, 0) is 33.9 Å². The molecule has 2 unspecified atom stereocenters. The summed E-state index contributed by atoms with van der Waals surface area (Å²) in [4.78, 5) is 51.3. The number of anilines is 2. The minimum absolute atomic E-state index is 0.0562. The lowest BCUT2D eigenvalue weighted by molar-refractivity contribution is -0.218. The van der Waals surface area contributed by atoms with Crippen molar-refractivity contribution in [3.05, 3.63) is 41.4 Å². The largest absolute Gasteiger partial charge is 0.489 e. The first-order valence-corrected chi connectivity index (χ1v) is 15.4. The fraction of sp³-hybridized carbons (Fsp3) is 0.360. The summed E-state index contributed by atoms with van der Waals surface area (Å²) in [6, 6.07) is 7.25. The molecule has 3 aromatic rings. The normalized spacial score (nSPS) is 17.0. The fourth-order valence-electron chi connectivity index (χ4n) is 4.07. The molecule has 18 nitrogen and oxygen atoms in total. The summed E-state index contributed by atoms with van der Waals surface area (Å²) in [5.74, 6) is -2.48. The molecule has 2 atom stereocenters. The Morgan fingerprint density at radius 2 is 2.00 bits per heavy atom. The van der Waals surface area contributed by atoms with E-state index in [1.807, 2.05) is 6.07 Å². The van der Waals surface area contributed by atoms with E-state index in [1.165, 1.54) is 19.2 Å². The van der Waals surface area contributed by atoms with E-state index in [2.05, 4.69) is 30.0 Å². The van der Waals surface area contributed by atoms with Gasteiger partial charge in [-0.05, 0) is 57.1 Å². The van der Waals surface area contributed by atoms with Gasteiger partial charge in [0.2, 0.25) is 0 Å². The lowest BCUT2D eigenvalue weighted by Crippen LogP contribution is -2.76. The van der Waals surface area contributed by atoms with Gasteiger partial charge in [-0.15, -0.1) is 15.6 Å². The van der Waals surface area contributed by atoms with Crippen molar-refractivity contribution < 1.29 is 46.3 Å². The van der Waals surface area contributed by atoms with E-state index in [0.717, 1.165) is 23.1 Å². The van der Waals surface area contributed by atoms with Gasteiger partial charge in [0.05, 0.1) is 11.1 Å². The summed E-state index contributed by atoms with van der Waals surface area (Å²) in [7, 11) is -5.02. The van der Waals surface area contributed by atoms with E-state index in [0.29, 0.717) is 35.2 Å². The second-order valence-corrected chi connectivity index (χ2v) is 12.0. The molecule has 2 aromatic heterocycles. The Hall–Kier alpha value is -4.63. The number of carbonyl (C=O) groups is 3. The predicted molar refractivity (Wildman–Crippen MR) is 160 cm³/mol. The number of carboxylic acids is 1. The topological polar surface area (TPSA) is 271 Å². The molecule has 0 spiro atoms. The van der Waals surface area contributed by atoms with Crippen LogP contribution in [-0.4, -0.2) is 94.0 Å². The van der Waals surface area contributed by atoms with Crippen molar-refractivity contribution in [3.8, 4) is 5.75 Å². The number of nitrogen functional groups attached to an aromatic ring is 1. The van der Waals surface area contributed by atoms with Crippen molar-refractivity contribution in [2.75, 3.05) is 30.7 Å². The van der Waals surface area contributed by atoms with Gasteiger partial charge in [-0.3, -0.25) is 14.1 Å². The lowest BCUT2D eigenvalue weighted by Gasteiger charge is -2.50. The number of benzene rings is 1. The highest BCUT2D eigenvalue weighted by atomic mass is 32.3. The molecule has 3 heterocycles. The van der Waals surface area contributed by atoms with Crippen molar-refractivity contribution in [2.24, 2.45) is 10.9 Å². The van der Waals surface area contributed by atoms with Crippen LogP contribution in [0.25, 0.3) is 10.9 Å². The summed E-state index contributed by atoms with van der Waals surface area (Å²) in [5.41, 5.74) is 9.83. The molecule has 0 saturated carbocycles. The van der Waals surface area contributed by atoms with E-state index in [1.54, 1.807) is 24.3 Å². The number of nitrogens with two attached hydrogens (primary N) is 2. The molecule has 0 aliphatic carbocycles. The summed E-state index contributed by atoms with van der Waals surface area (Å²) >= 11 is 0.956. The minimum atomic E-state index is -5.02. The number of carboxylic acid groups (broad SMARTS) is 1. The van der Waals surface area contributed by atoms with Crippen LogP contribution in [0.2, 0.25) is 0 Å². The predicted octanol–water partition coefficient (Wildman–Crippen LogP) is 0.127. The lowest BCUT2D eigenvalue weighted by atomic mass is 9.84. The first kappa shape index (κ1) is 33.3. The standard InChI is InChI=1S/C25H30N8O10S2/c1-25(2)20(22(35)33(25)43-45(38,39)40)31-21(34)19(16-12-44-24(27)30-16)32-42-17(23(36)37)11-41-14-5-6-15-13(10-14)4-7-18(29-15)28-9-3-8-26/h4-7,10,12,17,20H,3,8-9,11,26H2,1-2H3,(H2,27,30)(H,28,29)(H,31,34)(H,36,37)(H,38,39,40). The van der Waals surface area contributed by atoms with Crippen molar-refractivity contribution in [3.63, 3.8) is 0 Å². The number of pyridine rings is 1. The maximum atomic E-state index is 13.2. The average molecular weight is 667 g/mol. The third-order valence-electron chi connectivity index (χ3n) is 6.40. The number of rotatable bonds is 15. The Morgan fingerprint density at radius 1 is 1.24 bits per heavy atom. The number of hydroxylamine groups is 2. The number of oxime groups is 1. The number of fused-ring (bicyclic) bond motifs is 1. The molecule has 0 bridgehead atoms. The number of aliphatic carboxylic acids is 1. The average Bonchev–Trinajstić information content (AvgIpc) is 3.41. The molecule has 20 heteroatoms. The zero-order valence-electron chi connectivity index (χ0n) is 23.9. The molecule has 4 rings (SSSR count). The Kier molecular flexibility index (Phi) is 10.0. The molecule has 1 aromatic carbocycles. The van der Waals surface area contributed by atoms with E-state index >= 15 is 0 Å². The second kappa shape index (κ2) is 13.6. The van der Waals surface area contributed by atoms with Gasteiger partial charge in [-0.25, -0.2) is 14.8 Å². The number of aromatic nitrogens is 2. The third kappa shape index (κ3) is 8.10. The van der Waals surface area contributed by atoms with Crippen LogP contribution in [0, 0.1) is 0 Å². The van der Waals surface area contributed by atoms with E-state index in [9.17, 15) is 27.9 Å². The molecule has 45 heavy (non-hydrogen) atoms. The van der Waals surface area contributed by atoms with Crippen LogP contribution in [0.4, 0.5) is 10.9 Å². The van der Waals surface area contributed by atoms with Crippen molar-refractivity contribution in [2.45, 2.75) is 38.0 Å². The van der Waals surface area contributed by atoms with Crippen LogP contribution in [0.5, 0.6) is 5.75 Å². The molecule has 242 valence electrons. The number of nitrogens with zero attached hydrogens (tertiary/aromatic N) is 4. The van der Waals surface area contributed by atoms with Gasteiger partial charge < -0.3 is 36.8 Å². The highest BCUT2D eigenvalue weighted by Gasteiger charge is 2.58. The Balaban J connectivity index is 1.46. The second-order valence-electron chi connectivity index (χ2n) is 10.1. The van der Waals surface area contributed by atoms with E-state index < -0.39 is 58.2 Å². The molecule has 1 aliphatic rings. The molecular weight excluding hydrogens is 636 g/mol. The van der Waals surface area contributed by atoms with Gasteiger partial charge in [-0.1, -0.05) is 5.16 Å². The summed E-state index contributed by atoms with van der Waals surface area (Å²) in [6.45, 7) is 3.44. The van der Waals surface area contributed by atoms with Crippen LogP contribution in [0.15, 0.2) is 40.9 Å². The van der Waals surface area contributed by atoms with Crippen LogP contribution in [0.1, 0.15) is 26.0 Å². The van der Waals surface area contributed by atoms with Gasteiger partial charge in [-0.2, -0.15) is 13.5 Å². The van der Waals surface area contributed by atoms with E-state index in [4.69, 9.17) is 25.6 Å². The number of β-lactam (4-membered cyclic amide) rings is 1. The first-order chi connectivity index (χ1) is 21.2. The summed E-state index contributed by atoms with van der Waals surface area (Å²) in [5, 5.41) is 21.5. The van der Waals surface area contributed by atoms with Gasteiger partial charge in [0.1, 0.15) is 29.9 Å². The highest BCUT2D eigenvalue weighted by molar-refractivity contribution is 7.80. The van der Waals surface area contributed by atoms with Crippen LogP contribution >= 0.6 is 11.3 Å². The molecule has 2 amide bonds. The smallest absolute Gasteiger partial charge is 0.418 e. The molecule has 1 fully saturated rings. The van der Waals surface area contributed by atoms with Crippen molar-refractivity contribution in [1.82, 2.24) is 20.3 Å². The van der Waals surface area contributed by atoms with Gasteiger partial charge in [0.15, 0.2) is 10.8 Å². The van der Waals surface area contributed by atoms with E-state index in [-0.39, 0.29) is 10.8 Å². The Morgan fingerprint density at radius 3 is 2.62 bits per heavy atom. The maximum Gasteiger partial charge on any atom is 0.418 e. The minimum Gasteiger partial charge on any atom is -0.489 e. The quantitative estimate of drug-likeness (QED) is 0.0413. The molecule has 1 aliphatic heterocycles. The number of hydrogen-bond donors (Lipinski definition) is 6. The first-order valence-electron chi connectivity index (χ1n) is 13.2. The van der Waals surface area contributed by atoms with Crippen molar-refractivity contribution >= 4 is 67.1 Å². The van der Waals surface area contributed by atoms with Crippen LogP contribution < -0.4 is 26.8 Å². The number of nitrogens with one attached hydrogen (secondary N) is 2. The molecular formula is C25H30N8O10S2. The van der Waals surface area contributed by atoms with Gasteiger partial charge >= 0.3 is 16.4 Å². The zero-order valence-corrected chi connectivity index (χ0v) is 25.5. The number of carbonyl (C=O) groups excluding carboxylic acids is 2. The van der Waals surface area contributed by atoms with Crippen molar-refractivity contribution in [1.29, 1.82) is 0 Å². The zero-order chi connectivity index (χ0) is 32.9. The summed E-state index contributed by atoms with van der Waals surface area (Å²) in [6.07, 6.45) is -0.897. The van der Waals surface area contributed by atoms with Gasteiger partial charge in [0.25, 0.3) is 17.9 Å². The number of amides is 2. The Labute approximate surface area is 260 Å². The van der Waals surface area contributed by atoms with Crippen LogP contribution in [0.3, 0.4) is 0 Å². The number of ether oxygens (including phenoxy) is 1.